The second kappa shape index (κ2) is 14.2. The Morgan fingerprint density at radius 1 is 1.16 bits per heavy atom. The minimum atomic E-state index is 0.377. The molecular formula is C29H41N7O. The van der Waals surface area contributed by atoms with Crippen LogP contribution in [-0.4, -0.2) is 47.1 Å². The van der Waals surface area contributed by atoms with Crippen LogP contribution in [0.2, 0.25) is 0 Å². The van der Waals surface area contributed by atoms with Crippen LogP contribution >= 0.6 is 0 Å². The van der Waals surface area contributed by atoms with Gasteiger partial charge in [-0.2, -0.15) is 0 Å². The van der Waals surface area contributed by atoms with Crippen molar-refractivity contribution in [3.05, 3.63) is 72.1 Å². The Balaban J connectivity index is 0.000000262. The van der Waals surface area contributed by atoms with Gasteiger partial charge < -0.3 is 20.5 Å². The van der Waals surface area contributed by atoms with Crippen molar-refractivity contribution in [2.24, 2.45) is 15.7 Å². The van der Waals surface area contributed by atoms with Crippen LogP contribution in [-0.2, 0) is 17.8 Å². The van der Waals surface area contributed by atoms with Gasteiger partial charge in [-0.3, -0.25) is 9.79 Å². The van der Waals surface area contributed by atoms with E-state index in [0.717, 1.165) is 56.6 Å². The zero-order valence-corrected chi connectivity index (χ0v) is 22.4. The third-order valence-corrected chi connectivity index (χ3v) is 6.56. The molecule has 4 rings (SSSR count). The van der Waals surface area contributed by atoms with Crippen LogP contribution in [0, 0.1) is 6.92 Å². The first kappa shape index (κ1) is 27.9. The number of aliphatic imine (C=N–C) groups is 2. The van der Waals surface area contributed by atoms with Crippen molar-refractivity contribution < 1.29 is 4.79 Å². The highest BCUT2D eigenvalue weighted by Crippen LogP contribution is 2.24. The average molecular weight is 504 g/mol. The molecule has 1 saturated heterocycles. The molecule has 0 unspecified atom stereocenters. The maximum Gasteiger partial charge on any atom is 0.207 e. The minimum Gasteiger partial charge on any atom is -0.382 e. The molecule has 1 fully saturated rings. The monoisotopic (exact) mass is 503 g/mol. The number of imidazole rings is 1. The SMILES string of the molecule is C=CN=C1C(=C)N=C(N)c2nc(CCCC)n(CCCCNC=O)c21.Cc1ccc(N2CCCC2)cc1. The summed E-state index contributed by atoms with van der Waals surface area (Å²) in [6, 6.07) is 8.82. The Labute approximate surface area is 221 Å². The number of allylic oxidation sites excluding steroid dienone is 1. The van der Waals surface area contributed by atoms with Gasteiger partial charge in [0, 0.05) is 44.5 Å². The average Bonchev–Trinajstić information content (AvgIpc) is 3.55. The molecule has 8 nitrogen and oxygen atoms in total. The van der Waals surface area contributed by atoms with Gasteiger partial charge in [0.1, 0.15) is 22.9 Å². The lowest BCUT2D eigenvalue weighted by molar-refractivity contribution is -0.109. The van der Waals surface area contributed by atoms with E-state index in [1.165, 1.54) is 43.4 Å². The van der Waals surface area contributed by atoms with Gasteiger partial charge >= 0.3 is 0 Å². The predicted octanol–water partition coefficient (Wildman–Crippen LogP) is 4.51. The lowest BCUT2D eigenvalue weighted by atomic mass is 10.1. The van der Waals surface area contributed by atoms with E-state index in [0.29, 0.717) is 29.5 Å². The molecule has 37 heavy (non-hydrogen) atoms. The number of carbonyl (C=O) groups excluding carboxylic acids is 1. The van der Waals surface area contributed by atoms with Crippen molar-refractivity contribution in [3.8, 4) is 0 Å². The van der Waals surface area contributed by atoms with Gasteiger partial charge in [-0.1, -0.05) is 44.2 Å². The molecule has 2 aromatic rings. The molecule has 8 heteroatoms. The van der Waals surface area contributed by atoms with Crippen molar-refractivity contribution in [1.29, 1.82) is 0 Å². The van der Waals surface area contributed by atoms with Crippen molar-refractivity contribution >= 4 is 23.6 Å². The van der Waals surface area contributed by atoms with Crippen LogP contribution in [0.4, 0.5) is 5.69 Å². The van der Waals surface area contributed by atoms with Crippen LogP contribution < -0.4 is 16.0 Å². The summed E-state index contributed by atoms with van der Waals surface area (Å²) in [6.07, 6.45) is 9.73. The maximum absolute atomic E-state index is 10.4. The number of carbonyl (C=O) groups is 1. The molecule has 3 heterocycles. The third-order valence-electron chi connectivity index (χ3n) is 6.56. The fraction of sp³-hybridized carbons (Fsp3) is 0.448. The van der Waals surface area contributed by atoms with E-state index >= 15 is 0 Å². The summed E-state index contributed by atoms with van der Waals surface area (Å²) < 4.78 is 2.17. The number of hydrogen-bond donors (Lipinski definition) is 2. The van der Waals surface area contributed by atoms with Crippen molar-refractivity contribution in [2.45, 2.75) is 65.3 Å². The van der Waals surface area contributed by atoms with E-state index in [1.54, 1.807) is 0 Å². The summed E-state index contributed by atoms with van der Waals surface area (Å²) in [7, 11) is 0. The highest BCUT2D eigenvalue weighted by Gasteiger charge is 2.28. The number of amidine groups is 1. The number of amides is 1. The largest absolute Gasteiger partial charge is 0.382 e. The number of fused-ring (bicyclic) bond motifs is 1. The molecule has 0 radical (unpaired) electrons. The number of aromatic nitrogens is 2. The molecule has 0 bridgehead atoms. The number of rotatable bonds is 11. The number of anilines is 1. The predicted molar refractivity (Wildman–Crippen MR) is 153 cm³/mol. The Bertz CT molecular complexity index is 1120. The lowest BCUT2D eigenvalue weighted by Crippen LogP contribution is -2.26. The van der Waals surface area contributed by atoms with E-state index in [9.17, 15) is 4.79 Å². The van der Waals surface area contributed by atoms with Crippen molar-refractivity contribution in [3.63, 3.8) is 0 Å². The summed E-state index contributed by atoms with van der Waals surface area (Å²) in [4.78, 5) is 26.2. The zero-order chi connectivity index (χ0) is 26.6. The lowest BCUT2D eigenvalue weighted by Gasteiger charge is -2.17. The first-order valence-electron chi connectivity index (χ1n) is 13.3. The molecular weight excluding hydrogens is 462 g/mol. The van der Waals surface area contributed by atoms with Gasteiger partial charge in [0.25, 0.3) is 0 Å². The molecule has 198 valence electrons. The summed E-state index contributed by atoms with van der Waals surface area (Å²) in [6.45, 7) is 15.8. The topological polar surface area (TPSA) is 101 Å². The van der Waals surface area contributed by atoms with E-state index in [1.807, 2.05) is 0 Å². The second-order valence-electron chi connectivity index (χ2n) is 9.39. The molecule has 3 N–H and O–H groups in total. The van der Waals surface area contributed by atoms with Gasteiger partial charge in [0.2, 0.25) is 6.41 Å². The normalized spacial score (nSPS) is 15.6. The Morgan fingerprint density at radius 3 is 2.54 bits per heavy atom. The standard InChI is InChI=1S/C18H26N6O.C11H15N/c1-4-6-9-14-23-16-17(24(14)11-8-7-10-20-12-25)15(21-5-2)13(3)22-18(16)19;1-10-4-6-11(7-5-10)12-8-2-3-9-12/h5,12H,2-4,6-11H2,1H3,(H2,19,22)(H,20,25);4-7H,2-3,8-9H2,1H3. The van der Waals surface area contributed by atoms with Crippen LogP contribution in [0.3, 0.4) is 0 Å². The Hall–Kier alpha value is -3.68. The van der Waals surface area contributed by atoms with Crippen LogP contribution in [0.5, 0.6) is 0 Å². The quantitative estimate of drug-likeness (QED) is 0.348. The number of nitrogens with one attached hydrogen (secondary N) is 1. The molecule has 0 saturated carbocycles. The first-order chi connectivity index (χ1) is 18.0. The third kappa shape index (κ3) is 7.41. The highest BCUT2D eigenvalue weighted by molar-refractivity contribution is 6.21. The number of benzene rings is 1. The molecule has 0 atom stereocenters. The van der Waals surface area contributed by atoms with Crippen molar-refractivity contribution in [1.82, 2.24) is 14.9 Å². The molecule has 2 aliphatic heterocycles. The number of aryl methyl sites for hydroxylation is 2. The molecule has 1 amide bonds. The van der Waals surface area contributed by atoms with Crippen LogP contribution in [0.25, 0.3) is 0 Å². The van der Waals surface area contributed by atoms with Gasteiger partial charge in [0.15, 0.2) is 5.84 Å². The molecule has 1 aromatic heterocycles. The summed E-state index contributed by atoms with van der Waals surface area (Å²) >= 11 is 0. The number of hydrogen-bond acceptors (Lipinski definition) is 6. The fourth-order valence-corrected chi connectivity index (χ4v) is 4.59. The first-order valence-corrected chi connectivity index (χ1v) is 13.3. The number of unbranched alkanes of at least 4 members (excludes halogenated alkanes) is 2. The van der Waals surface area contributed by atoms with Crippen LogP contribution in [0.15, 0.2) is 59.3 Å². The van der Waals surface area contributed by atoms with E-state index in [4.69, 9.17) is 10.7 Å². The number of nitrogens with zero attached hydrogens (tertiary/aromatic N) is 5. The summed E-state index contributed by atoms with van der Waals surface area (Å²) in [5.41, 5.74) is 11.5. The van der Waals surface area contributed by atoms with E-state index in [2.05, 4.69) is 76.0 Å². The van der Waals surface area contributed by atoms with Gasteiger partial charge in [-0.25, -0.2) is 9.98 Å². The smallest absolute Gasteiger partial charge is 0.207 e. The molecule has 2 aliphatic rings. The zero-order valence-electron chi connectivity index (χ0n) is 22.4. The molecule has 1 aromatic carbocycles. The minimum absolute atomic E-state index is 0.377. The highest BCUT2D eigenvalue weighted by atomic mass is 16.1. The van der Waals surface area contributed by atoms with Gasteiger partial charge in [0.05, 0.1) is 5.70 Å². The Kier molecular flexibility index (Phi) is 10.7. The van der Waals surface area contributed by atoms with E-state index < -0.39 is 0 Å². The van der Waals surface area contributed by atoms with Crippen LogP contribution in [0.1, 0.15) is 68.2 Å². The molecule has 0 spiro atoms. The summed E-state index contributed by atoms with van der Waals surface area (Å²) in [5.74, 6) is 1.36. The van der Waals surface area contributed by atoms with Gasteiger partial charge in [-0.05, 0) is 51.2 Å². The number of nitrogens with two attached hydrogens (primary N) is 1. The fourth-order valence-electron chi connectivity index (χ4n) is 4.59. The van der Waals surface area contributed by atoms with E-state index in [-0.39, 0.29) is 0 Å². The van der Waals surface area contributed by atoms with Gasteiger partial charge in [-0.15, -0.1) is 0 Å². The molecule has 0 aliphatic carbocycles. The Morgan fingerprint density at radius 2 is 1.89 bits per heavy atom. The summed E-state index contributed by atoms with van der Waals surface area (Å²) in [5, 5.41) is 2.69. The van der Waals surface area contributed by atoms with Crippen molar-refractivity contribution in [2.75, 3.05) is 24.5 Å². The second-order valence-corrected chi connectivity index (χ2v) is 9.39. The maximum atomic E-state index is 10.4.